The molecule has 0 spiro atoms. The summed E-state index contributed by atoms with van der Waals surface area (Å²) in [6.45, 7) is 5.06. The molecule has 0 aliphatic carbocycles. The minimum Gasteiger partial charge on any atom is -0.352 e. The van der Waals surface area contributed by atoms with Crippen LogP contribution in [0.25, 0.3) is 0 Å². The number of hydrogen-bond donors (Lipinski definition) is 1. The average Bonchev–Trinajstić information content (AvgIpc) is 2.98. The van der Waals surface area contributed by atoms with Crippen molar-refractivity contribution < 1.29 is 18.0 Å². The Morgan fingerprint density at radius 3 is 2.14 bits per heavy atom. The number of carbonyl (C=O) groups excluding carboxylic acids is 2. The molecular formula is C34H35BrClN3O4S. The van der Waals surface area contributed by atoms with Crippen LogP contribution in [-0.4, -0.2) is 43.8 Å². The smallest absolute Gasteiger partial charge is 0.264 e. The van der Waals surface area contributed by atoms with Gasteiger partial charge in [0.1, 0.15) is 12.6 Å². The van der Waals surface area contributed by atoms with Crippen LogP contribution in [-0.2, 0) is 32.6 Å². The van der Waals surface area contributed by atoms with Gasteiger partial charge in [-0.3, -0.25) is 13.9 Å². The predicted molar refractivity (Wildman–Crippen MR) is 179 cm³/mol. The second-order valence-electron chi connectivity index (χ2n) is 10.8. The summed E-state index contributed by atoms with van der Waals surface area (Å²) in [5.41, 5.74) is 2.69. The number of rotatable bonds is 12. The molecule has 0 heterocycles. The standard InChI is InChI=1S/C34H35BrClN3O4S/c1-24(2)37-34(41)32(21-26-10-5-4-6-11-26)38(22-27-12-9-13-28(35)20-27)33(40)23-39(31-15-8-7-14-30(31)36)44(42,43)29-18-16-25(3)17-19-29/h4-20,24,32H,21-23H2,1-3H3,(H,37,41). The molecule has 0 radical (unpaired) electrons. The third-order valence-electron chi connectivity index (χ3n) is 6.95. The van der Waals surface area contributed by atoms with Gasteiger partial charge in [0.05, 0.1) is 15.6 Å². The van der Waals surface area contributed by atoms with Crippen LogP contribution in [0.1, 0.15) is 30.5 Å². The first-order valence-electron chi connectivity index (χ1n) is 14.2. The Morgan fingerprint density at radius 2 is 1.50 bits per heavy atom. The molecular weight excluding hydrogens is 662 g/mol. The van der Waals surface area contributed by atoms with Crippen LogP contribution >= 0.6 is 27.5 Å². The fourth-order valence-corrected chi connectivity index (χ4v) is 6.94. The summed E-state index contributed by atoms with van der Waals surface area (Å²) in [5, 5.41) is 3.13. The van der Waals surface area contributed by atoms with Crippen molar-refractivity contribution in [2.24, 2.45) is 0 Å². The molecule has 0 aliphatic heterocycles. The van der Waals surface area contributed by atoms with E-state index in [0.717, 1.165) is 25.5 Å². The van der Waals surface area contributed by atoms with Gasteiger partial charge in [-0.05, 0) is 68.3 Å². The molecule has 4 rings (SSSR count). The Labute approximate surface area is 273 Å². The highest BCUT2D eigenvalue weighted by molar-refractivity contribution is 9.10. The molecule has 44 heavy (non-hydrogen) atoms. The summed E-state index contributed by atoms with van der Waals surface area (Å²) in [4.78, 5) is 29.7. The zero-order valence-electron chi connectivity index (χ0n) is 24.8. The summed E-state index contributed by atoms with van der Waals surface area (Å²) in [5.74, 6) is -0.890. The summed E-state index contributed by atoms with van der Waals surface area (Å²) < 4.78 is 30.1. The lowest BCUT2D eigenvalue weighted by molar-refractivity contribution is -0.140. The number of carbonyl (C=O) groups is 2. The molecule has 2 amide bonds. The number of anilines is 1. The minimum absolute atomic E-state index is 0.0211. The van der Waals surface area contributed by atoms with Gasteiger partial charge < -0.3 is 10.2 Å². The van der Waals surface area contributed by atoms with Crippen LogP contribution in [0.3, 0.4) is 0 Å². The van der Waals surface area contributed by atoms with Crippen LogP contribution in [0.5, 0.6) is 0 Å². The zero-order valence-corrected chi connectivity index (χ0v) is 27.9. The number of halogens is 2. The number of amides is 2. The lowest BCUT2D eigenvalue weighted by atomic mass is 10.0. The zero-order chi connectivity index (χ0) is 31.9. The second-order valence-corrected chi connectivity index (χ2v) is 14.0. The molecule has 0 aliphatic rings. The van der Waals surface area contributed by atoms with E-state index in [0.29, 0.717) is 0 Å². The lowest BCUT2D eigenvalue weighted by Gasteiger charge is -2.34. The number of nitrogens with one attached hydrogen (secondary N) is 1. The highest BCUT2D eigenvalue weighted by atomic mass is 79.9. The molecule has 1 atom stereocenters. The lowest BCUT2D eigenvalue weighted by Crippen LogP contribution is -2.54. The van der Waals surface area contributed by atoms with Crippen LogP contribution < -0.4 is 9.62 Å². The monoisotopic (exact) mass is 695 g/mol. The Hall–Kier alpha value is -3.66. The molecule has 0 saturated heterocycles. The number of sulfonamides is 1. The van der Waals surface area contributed by atoms with E-state index in [-0.39, 0.29) is 40.5 Å². The molecule has 0 aromatic heterocycles. The predicted octanol–water partition coefficient (Wildman–Crippen LogP) is 6.77. The van der Waals surface area contributed by atoms with Gasteiger partial charge in [0, 0.05) is 23.5 Å². The fraction of sp³-hybridized carbons (Fsp3) is 0.235. The molecule has 7 nitrogen and oxygen atoms in total. The number of aryl methyl sites for hydroxylation is 1. The highest BCUT2D eigenvalue weighted by Gasteiger charge is 2.35. The van der Waals surface area contributed by atoms with Crippen molar-refractivity contribution in [1.82, 2.24) is 10.2 Å². The van der Waals surface area contributed by atoms with Gasteiger partial charge >= 0.3 is 0 Å². The maximum Gasteiger partial charge on any atom is 0.264 e. The molecule has 1 N–H and O–H groups in total. The quantitative estimate of drug-likeness (QED) is 0.177. The third-order valence-corrected chi connectivity index (χ3v) is 9.54. The van der Waals surface area contributed by atoms with E-state index in [4.69, 9.17) is 11.6 Å². The van der Waals surface area contributed by atoms with Crippen molar-refractivity contribution >= 4 is 55.1 Å². The van der Waals surface area contributed by atoms with Crippen LogP contribution in [0.4, 0.5) is 5.69 Å². The first kappa shape index (κ1) is 33.2. The Morgan fingerprint density at radius 1 is 0.864 bits per heavy atom. The third kappa shape index (κ3) is 8.49. The summed E-state index contributed by atoms with van der Waals surface area (Å²) in [6, 6.07) is 28.7. The van der Waals surface area contributed by atoms with Gasteiger partial charge in [0.25, 0.3) is 10.0 Å². The SMILES string of the molecule is Cc1ccc(S(=O)(=O)N(CC(=O)N(Cc2cccc(Br)c2)C(Cc2ccccc2)C(=O)NC(C)C)c2ccccc2Cl)cc1. The van der Waals surface area contributed by atoms with E-state index >= 15 is 0 Å². The van der Waals surface area contributed by atoms with Crippen LogP contribution in [0, 0.1) is 6.92 Å². The fourth-order valence-electron chi connectivity index (χ4n) is 4.77. The average molecular weight is 697 g/mol. The molecule has 0 bridgehead atoms. The van der Waals surface area contributed by atoms with Crippen molar-refractivity contribution in [3.63, 3.8) is 0 Å². The molecule has 10 heteroatoms. The topological polar surface area (TPSA) is 86.8 Å². The largest absolute Gasteiger partial charge is 0.352 e. The van der Waals surface area contributed by atoms with Crippen molar-refractivity contribution in [1.29, 1.82) is 0 Å². The Bertz CT molecular complexity index is 1700. The maximum absolute atomic E-state index is 14.5. The van der Waals surface area contributed by atoms with Gasteiger partial charge in [-0.15, -0.1) is 0 Å². The van der Waals surface area contributed by atoms with Gasteiger partial charge in [-0.2, -0.15) is 0 Å². The molecule has 4 aromatic rings. The van der Waals surface area contributed by atoms with E-state index in [2.05, 4.69) is 21.2 Å². The van der Waals surface area contributed by atoms with Crippen molar-refractivity contribution in [2.45, 2.75) is 50.7 Å². The summed E-state index contributed by atoms with van der Waals surface area (Å²) in [7, 11) is -4.23. The minimum atomic E-state index is -4.23. The van der Waals surface area contributed by atoms with Crippen LogP contribution in [0.2, 0.25) is 5.02 Å². The first-order valence-corrected chi connectivity index (χ1v) is 16.8. The van der Waals surface area contributed by atoms with Gasteiger partial charge in [0.15, 0.2) is 0 Å². The number of para-hydroxylation sites is 1. The molecule has 4 aromatic carbocycles. The van der Waals surface area contributed by atoms with E-state index in [9.17, 15) is 18.0 Å². The normalized spacial score (nSPS) is 12.0. The van der Waals surface area contributed by atoms with E-state index < -0.39 is 28.5 Å². The molecule has 0 saturated carbocycles. The van der Waals surface area contributed by atoms with Crippen molar-refractivity contribution in [3.8, 4) is 0 Å². The number of hydrogen-bond acceptors (Lipinski definition) is 4. The van der Waals surface area contributed by atoms with Gasteiger partial charge in [-0.25, -0.2) is 8.42 Å². The maximum atomic E-state index is 14.5. The second kappa shape index (κ2) is 14.9. The van der Waals surface area contributed by atoms with Crippen molar-refractivity contribution in [3.05, 3.63) is 129 Å². The molecule has 0 fully saturated rings. The van der Waals surface area contributed by atoms with E-state index in [1.54, 1.807) is 36.4 Å². The van der Waals surface area contributed by atoms with E-state index in [1.165, 1.54) is 17.0 Å². The Kier molecular flexibility index (Phi) is 11.2. The molecule has 1 unspecified atom stereocenters. The Balaban J connectivity index is 1.82. The van der Waals surface area contributed by atoms with Crippen LogP contribution in [0.15, 0.2) is 112 Å². The number of nitrogens with zero attached hydrogens (tertiary/aromatic N) is 2. The van der Waals surface area contributed by atoms with Gasteiger partial charge in [0.2, 0.25) is 11.8 Å². The summed E-state index contributed by atoms with van der Waals surface area (Å²) in [6.07, 6.45) is 0.232. The highest BCUT2D eigenvalue weighted by Crippen LogP contribution is 2.31. The van der Waals surface area contributed by atoms with Gasteiger partial charge in [-0.1, -0.05) is 99.8 Å². The number of benzene rings is 4. The van der Waals surface area contributed by atoms with E-state index in [1.807, 2.05) is 75.4 Å². The molecule has 230 valence electrons. The summed E-state index contributed by atoms with van der Waals surface area (Å²) >= 11 is 10.0. The first-order chi connectivity index (χ1) is 21.0. The van der Waals surface area contributed by atoms with Crippen molar-refractivity contribution in [2.75, 3.05) is 10.8 Å².